The van der Waals surface area contributed by atoms with Crippen molar-refractivity contribution in [1.29, 1.82) is 0 Å². The highest BCUT2D eigenvalue weighted by molar-refractivity contribution is 5.77. The van der Waals surface area contributed by atoms with E-state index in [1.54, 1.807) is 20.8 Å². The first kappa shape index (κ1) is 14.5. The summed E-state index contributed by atoms with van der Waals surface area (Å²) < 4.78 is 5.10. The summed E-state index contributed by atoms with van der Waals surface area (Å²) in [4.78, 5) is 12.0. The van der Waals surface area contributed by atoms with Crippen molar-refractivity contribution in [2.45, 2.75) is 59.5 Å². The first-order valence-corrected chi connectivity index (χ1v) is 6.62. The molecule has 0 aliphatic heterocycles. The SMILES string of the molecule is CCOC(=O)C(C)(C)C1(O)CC(C)CC(C)C1. The Hall–Kier alpha value is -0.570. The van der Waals surface area contributed by atoms with Gasteiger partial charge in [-0.25, -0.2) is 0 Å². The molecule has 1 aliphatic rings. The van der Waals surface area contributed by atoms with E-state index in [0.717, 1.165) is 6.42 Å². The van der Waals surface area contributed by atoms with Crippen LogP contribution >= 0.6 is 0 Å². The molecule has 0 radical (unpaired) electrons. The average molecular weight is 242 g/mol. The van der Waals surface area contributed by atoms with Gasteiger partial charge in [0.05, 0.1) is 17.6 Å². The molecule has 0 bridgehead atoms. The number of esters is 1. The largest absolute Gasteiger partial charge is 0.465 e. The molecule has 2 atom stereocenters. The normalized spacial score (nSPS) is 34.5. The first-order valence-electron chi connectivity index (χ1n) is 6.62. The quantitative estimate of drug-likeness (QED) is 0.774. The lowest BCUT2D eigenvalue weighted by Gasteiger charge is -2.47. The van der Waals surface area contributed by atoms with Gasteiger partial charge >= 0.3 is 5.97 Å². The molecular weight excluding hydrogens is 216 g/mol. The number of hydrogen-bond donors (Lipinski definition) is 1. The molecule has 0 amide bonds. The Morgan fingerprint density at radius 1 is 1.35 bits per heavy atom. The maximum Gasteiger partial charge on any atom is 0.314 e. The van der Waals surface area contributed by atoms with E-state index in [0.29, 0.717) is 31.3 Å². The van der Waals surface area contributed by atoms with Crippen molar-refractivity contribution in [2.24, 2.45) is 17.3 Å². The number of hydrogen-bond acceptors (Lipinski definition) is 3. The lowest BCUT2D eigenvalue weighted by molar-refractivity contribution is -0.179. The van der Waals surface area contributed by atoms with Gasteiger partial charge in [0.25, 0.3) is 0 Å². The van der Waals surface area contributed by atoms with Crippen LogP contribution in [0.4, 0.5) is 0 Å². The van der Waals surface area contributed by atoms with E-state index in [1.165, 1.54) is 0 Å². The van der Waals surface area contributed by atoms with E-state index in [2.05, 4.69) is 13.8 Å². The molecule has 100 valence electrons. The van der Waals surface area contributed by atoms with Crippen molar-refractivity contribution in [3.05, 3.63) is 0 Å². The minimum Gasteiger partial charge on any atom is -0.465 e. The average Bonchev–Trinajstić information content (AvgIpc) is 2.15. The van der Waals surface area contributed by atoms with Gasteiger partial charge in [-0.05, 0) is 51.9 Å². The van der Waals surface area contributed by atoms with E-state index in [4.69, 9.17) is 4.74 Å². The van der Waals surface area contributed by atoms with Crippen molar-refractivity contribution in [3.63, 3.8) is 0 Å². The molecule has 0 spiro atoms. The summed E-state index contributed by atoms with van der Waals surface area (Å²) in [5.41, 5.74) is -1.76. The zero-order chi connectivity index (χ0) is 13.3. The van der Waals surface area contributed by atoms with E-state index in [1.807, 2.05) is 0 Å². The highest BCUT2D eigenvalue weighted by atomic mass is 16.5. The van der Waals surface area contributed by atoms with E-state index < -0.39 is 11.0 Å². The van der Waals surface area contributed by atoms with Crippen LogP contribution in [0.15, 0.2) is 0 Å². The van der Waals surface area contributed by atoms with Gasteiger partial charge in [-0.1, -0.05) is 13.8 Å². The van der Waals surface area contributed by atoms with Crippen molar-refractivity contribution < 1.29 is 14.6 Å². The summed E-state index contributed by atoms with van der Waals surface area (Å²) in [5, 5.41) is 10.8. The molecular formula is C14H26O3. The second-order valence-electron chi connectivity index (χ2n) is 6.23. The molecule has 1 rings (SSSR count). The number of carbonyl (C=O) groups is 1. The van der Waals surface area contributed by atoms with Crippen LogP contribution in [0, 0.1) is 17.3 Å². The smallest absolute Gasteiger partial charge is 0.314 e. The number of rotatable bonds is 3. The number of carbonyl (C=O) groups excluding carboxylic acids is 1. The maximum absolute atomic E-state index is 12.0. The number of ether oxygens (including phenoxy) is 1. The van der Waals surface area contributed by atoms with Crippen LogP contribution in [0.2, 0.25) is 0 Å². The fraction of sp³-hybridized carbons (Fsp3) is 0.929. The van der Waals surface area contributed by atoms with Crippen LogP contribution in [0.3, 0.4) is 0 Å². The third kappa shape index (κ3) is 2.82. The minimum atomic E-state index is -0.934. The summed E-state index contributed by atoms with van der Waals surface area (Å²) in [5.74, 6) is 0.624. The Morgan fingerprint density at radius 3 is 2.24 bits per heavy atom. The lowest BCUT2D eigenvalue weighted by atomic mass is 9.62. The van der Waals surface area contributed by atoms with Crippen LogP contribution < -0.4 is 0 Å². The maximum atomic E-state index is 12.0. The number of aliphatic hydroxyl groups is 1. The molecule has 3 nitrogen and oxygen atoms in total. The fourth-order valence-electron chi connectivity index (χ4n) is 3.10. The van der Waals surface area contributed by atoms with E-state index in [9.17, 15) is 9.90 Å². The molecule has 17 heavy (non-hydrogen) atoms. The summed E-state index contributed by atoms with van der Waals surface area (Å²) in [6, 6.07) is 0. The topological polar surface area (TPSA) is 46.5 Å². The van der Waals surface area contributed by atoms with Gasteiger partial charge in [0.1, 0.15) is 0 Å². The third-order valence-corrected chi connectivity index (χ3v) is 4.13. The Bertz CT molecular complexity index is 273. The zero-order valence-electron chi connectivity index (χ0n) is 11.7. The molecule has 1 fully saturated rings. The van der Waals surface area contributed by atoms with Crippen LogP contribution in [0.5, 0.6) is 0 Å². The van der Waals surface area contributed by atoms with Crippen molar-refractivity contribution >= 4 is 5.97 Å². The Kier molecular flexibility index (Phi) is 4.23. The Morgan fingerprint density at radius 2 is 1.82 bits per heavy atom. The zero-order valence-corrected chi connectivity index (χ0v) is 11.7. The van der Waals surface area contributed by atoms with Crippen molar-refractivity contribution in [3.8, 4) is 0 Å². The molecule has 1 saturated carbocycles. The molecule has 2 unspecified atom stereocenters. The molecule has 0 aromatic heterocycles. The highest BCUT2D eigenvalue weighted by Gasteiger charge is 2.52. The molecule has 0 saturated heterocycles. The van der Waals surface area contributed by atoms with Gasteiger partial charge in [0.2, 0.25) is 0 Å². The van der Waals surface area contributed by atoms with Gasteiger partial charge in [0, 0.05) is 0 Å². The molecule has 1 aliphatic carbocycles. The van der Waals surface area contributed by atoms with Gasteiger partial charge < -0.3 is 9.84 Å². The van der Waals surface area contributed by atoms with Gasteiger partial charge in [-0.3, -0.25) is 4.79 Å². The molecule has 1 N–H and O–H groups in total. The van der Waals surface area contributed by atoms with Crippen LogP contribution in [0.1, 0.15) is 53.9 Å². The van der Waals surface area contributed by atoms with Crippen LogP contribution in [-0.4, -0.2) is 23.3 Å². The second-order valence-corrected chi connectivity index (χ2v) is 6.23. The standard InChI is InChI=1S/C14H26O3/c1-6-17-12(15)13(4,5)14(16)8-10(2)7-11(3)9-14/h10-11,16H,6-9H2,1-5H3. The predicted octanol–water partition coefficient (Wildman–Crippen LogP) is 2.76. The molecule has 3 heteroatoms. The van der Waals surface area contributed by atoms with Crippen molar-refractivity contribution in [2.75, 3.05) is 6.61 Å². The molecule has 0 heterocycles. The fourth-order valence-corrected chi connectivity index (χ4v) is 3.10. The lowest BCUT2D eigenvalue weighted by Crippen LogP contribution is -2.54. The van der Waals surface area contributed by atoms with Gasteiger partial charge in [-0.2, -0.15) is 0 Å². The van der Waals surface area contributed by atoms with Crippen molar-refractivity contribution in [1.82, 2.24) is 0 Å². The highest BCUT2D eigenvalue weighted by Crippen LogP contribution is 2.46. The summed E-state index contributed by atoms with van der Waals surface area (Å²) >= 11 is 0. The Balaban J connectivity index is 2.90. The predicted molar refractivity (Wildman–Crippen MR) is 67.5 cm³/mol. The minimum absolute atomic E-state index is 0.288. The summed E-state index contributed by atoms with van der Waals surface area (Å²) in [6.07, 6.45) is 2.49. The van der Waals surface area contributed by atoms with E-state index >= 15 is 0 Å². The molecule has 0 aromatic carbocycles. The summed E-state index contributed by atoms with van der Waals surface area (Å²) in [7, 11) is 0. The van der Waals surface area contributed by atoms with Gasteiger partial charge in [0.15, 0.2) is 0 Å². The van der Waals surface area contributed by atoms with E-state index in [-0.39, 0.29) is 5.97 Å². The molecule has 0 aromatic rings. The monoisotopic (exact) mass is 242 g/mol. The van der Waals surface area contributed by atoms with Crippen LogP contribution in [0.25, 0.3) is 0 Å². The third-order valence-electron chi connectivity index (χ3n) is 4.13. The van der Waals surface area contributed by atoms with Crippen LogP contribution in [-0.2, 0) is 9.53 Å². The first-order chi connectivity index (χ1) is 7.73. The summed E-state index contributed by atoms with van der Waals surface area (Å²) in [6.45, 7) is 10.0. The Labute approximate surface area is 105 Å². The van der Waals surface area contributed by atoms with Gasteiger partial charge in [-0.15, -0.1) is 0 Å². The second kappa shape index (κ2) is 4.97.